The molecule has 214 valence electrons. The number of carbonyl (C=O) groups excluding carboxylic acids is 3. The Morgan fingerprint density at radius 2 is 1.80 bits per heavy atom. The molecule has 3 aromatic rings. The number of rotatable bonds is 9. The van der Waals surface area contributed by atoms with Crippen LogP contribution in [0.4, 0.5) is 5.69 Å². The second-order valence-corrected chi connectivity index (χ2v) is 12.3. The van der Waals surface area contributed by atoms with E-state index in [2.05, 4.69) is 10.3 Å². The number of hydrogen-bond acceptors (Lipinski definition) is 11. The molecule has 1 amide bonds. The summed E-state index contributed by atoms with van der Waals surface area (Å²) >= 11 is 0. The van der Waals surface area contributed by atoms with Crippen LogP contribution in [-0.2, 0) is 42.1 Å². The van der Waals surface area contributed by atoms with Gasteiger partial charge in [0, 0.05) is 17.7 Å². The molecule has 2 saturated heterocycles. The van der Waals surface area contributed by atoms with Gasteiger partial charge in [0.2, 0.25) is 5.91 Å². The maximum absolute atomic E-state index is 13.8. The molecule has 0 saturated carbocycles. The number of esters is 2. The van der Waals surface area contributed by atoms with Gasteiger partial charge in [-0.1, -0.05) is 35.5 Å². The molecule has 5 rings (SSSR count). The number of nitro groups is 1. The minimum Gasteiger partial charge on any atom is -0.461 e. The maximum atomic E-state index is 13.8. The third-order valence-corrected chi connectivity index (χ3v) is 10.0. The van der Waals surface area contributed by atoms with Gasteiger partial charge < -0.3 is 14.4 Å². The van der Waals surface area contributed by atoms with E-state index in [9.17, 15) is 32.9 Å². The summed E-state index contributed by atoms with van der Waals surface area (Å²) in [7, 11) is -4.15. The molecule has 2 fully saturated rings. The van der Waals surface area contributed by atoms with Gasteiger partial charge in [-0.3, -0.25) is 14.9 Å². The lowest BCUT2D eigenvalue weighted by atomic mass is 9.96. The SMILES string of the molecule is CCOC(=O)c1nnn(C[C@@]2(C)[C@H](C(=O)OCc3ccc([N+](=O)[O-])cc3)N3C(=O)C[C@H]3S2(=O)=O)c1-c1ccccc1. The topological polar surface area (TPSA) is 181 Å². The number of aromatic nitrogens is 3. The van der Waals surface area contributed by atoms with E-state index < -0.39 is 55.3 Å². The lowest BCUT2D eigenvalue weighted by Gasteiger charge is -2.36. The number of non-ortho nitro benzene ring substituents is 1. The van der Waals surface area contributed by atoms with Crippen LogP contribution in [0, 0.1) is 10.1 Å². The van der Waals surface area contributed by atoms with E-state index in [0.29, 0.717) is 11.1 Å². The Labute approximate surface area is 233 Å². The quantitative estimate of drug-likeness (QED) is 0.155. The van der Waals surface area contributed by atoms with Crippen LogP contribution in [0.25, 0.3) is 11.3 Å². The van der Waals surface area contributed by atoms with Crippen molar-refractivity contribution in [1.82, 2.24) is 19.9 Å². The zero-order valence-corrected chi connectivity index (χ0v) is 22.8. The minimum absolute atomic E-state index is 0.0768. The number of amides is 1. The molecule has 0 N–H and O–H groups in total. The van der Waals surface area contributed by atoms with Crippen molar-refractivity contribution < 1.29 is 37.2 Å². The Morgan fingerprint density at radius 1 is 1.12 bits per heavy atom. The number of nitro benzene ring substituents is 1. The van der Waals surface area contributed by atoms with Crippen molar-refractivity contribution in [3.63, 3.8) is 0 Å². The van der Waals surface area contributed by atoms with E-state index in [-0.39, 0.29) is 36.7 Å². The third-order valence-electron chi connectivity index (χ3n) is 7.28. The van der Waals surface area contributed by atoms with E-state index in [1.165, 1.54) is 35.9 Å². The Balaban J connectivity index is 1.50. The van der Waals surface area contributed by atoms with Gasteiger partial charge in [-0.25, -0.2) is 22.7 Å². The molecule has 14 nitrogen and oxygen atoms in total. The highest BCUT2D eigenvalue weighted by atomic mass is 32.2. The summed E-state index contributed by atoms with van der Waals surface area (Å²) in [5, 5.41) is 17.7. The van der Waals surface area contributed by atoms with Crippen molar-refractivity contribution in [3.05, 3.63) is 76.0 Å². The maximum Gasteiger partial charge on any atom is 0.361 e. The second-order valence-electron chi connectivity index (χ2n) is 9.78. The van der Waals surface area contributed by atoms with Gasteiger partial charge in [0.25, 0.3) is 5.69 Å². The Bertz CT molecular complexity index is 1640. The van der Waals surface area contributed by atoms with Gasteiger partial charge in [0.1, 0.15) is 22.4 Å². The third kappa shape index (κ3) is 4.61. The first-order valence-electron chi connectivity index (χ1n) is 12.6. The fourth-order valence-electron chi connectivity index (χ4n) is 5.16. The van der Waals surface area contributed by atoms with Crippen LogP contribution < -0.4 is 0 Å². The molecule has 0 radical (unpaired) electrons. The van der Waals surface area contributed by atoms with Gasteiger partial charge >= 0.3 is 11.9 Å². The van der Waals surface area contributed by atoms with Crippen molar-refractivity contribution in [3.8, 4) is 11.3 Å². The van der Waals surface area contributed by atoms with Gasteiger partial charge in [-0.05, 0) is 31.5 Å². The zero-order valence-electron chi connectivity index (χ0n) is 22.0. The molecule has 2 aromatic carbocycles. The van der Waals surface area contributed by atoms with Crippen molar-refractivity contribution >= 4 is 33.4 Å². The van der Waals surface area contributed by atoms with Crippen LogP contribution in [0.1, 0.15) is 36.3 Å². The first kappa shape index (κ1) is 27.9. The highest BCUT2D eigenvalue weighted by Gasteiger charge is 2.70. The lowest BCUT2D eigenvalue weighted by molar-refractivity contribution is -0.384. The van der Waals surface area contributed by atoms with Crippen LogP contribution in [0.5, 0.6) is 0 Å². The van der Waals surface area contributed by atoms with E-state index in [1.807, 2.05) is 0 Å². The molecule has 41 heavy (non-hydrogen) atoms. The number of hydrogen-bond donors (Lipinski definition) is 0. The molecule has 0 aliphatic carbocycles. The first-order chi connectivity index (χ1) is 19.5. The normalized spacial score (nSPS) is 22.5. The first-order valence-corrected chi connectivity index (χ1v) is 14.1. The number of fused-ring (bicyclic) bond motifs is 1. The smallest absolute Gasteiger partial charge is 0.361 e. The van der Waals surface area contributed by atoms with Gasteiger partial charge in [0.05, 0.1) is 24.5 Å². The highest BCUT2D eigenvalue weighted by Crippen LogP contribution is 2.47. The summed E-state index contributed by atoms with van der Waals surface area (Å²) in [6.45, 7) is 2.32. The summed E-state index contributed by atoms with van der Waals surface area (Å²) in [6.07, 6.45) is -0.277. The van der Waals surface area contributed by atoms with Crippen LogP contribution >= 0.6 is 0 Å². The van der Waals surface area contributed by atoms with Crippen LogP contribution in [0.3, 0.4) is 0 Å². The summed E-state index contributed by atoms with van der Waals surface area (Å²) in [4.78, 5) is 50.1. The summed E-state index contributed by atoms with van der Waals surface area (Å²) in [5.41, 5.74) is 0.858. The zero-order chi connectivity index (χ0) is 29.5. The standard InChI is InChI=1S/C26H25N5O9S/c1-3-39-24(33)21-22(17-7-5-4-6-8-17)29(28-27-21)15-26(2)23(30-19(32)13-20(30)41(26,37)38)25(34)40-14-16-9-11-18(12-10-16)31(35)36/h4-12,20,23H,3,13-15H2,1-2H3/t20-,23+,26+/m1/s1. The molecule has 3 atom stereocenters. The average molecular weight is 584 g/mol. The highest BCUT2D eigenvalue weighted by molar-refractivity contribution is 7.93. The molecule has 2 aliphatic heterocycles. The lowest BCUT2D eigenvalue weighted by Crippen LogP contribution is -2.58. The molecule has 0 spiro atoms. The number of nitrogens with zero attached hydrogens (tertiary/aromatic N) is 5. The summed E-state index contributed by atoms with van der Waals surface area (Å²) < 4.78 is 37.5. The molecule has 0 bridgehead atoms. The molecular weight excluding hydrogens is 558 g/mol. The summed E-state index contributed by atoms with van der Waals surface area (Å²) in [5.74, 6) is -2.24. The molecule has 3 heterocycles. The number of sulfone groups is 1. The Morgan fingerprint density at radius 3 is 2.41 bits per heavy atom. The minimum atomic E-state index is -4.15. The fraction of sp³-hybridized carbons (Fsp3) is 0.346. The molecule has 1 aromatic heterocycles. The Kier molecular flexibility index (Phi) is 7.07. The number of benzene rings is 2. The molecule has 0 unspecified atom stereocenters. The monoisotopic (exact) mass is 583 g/mol. The van der Waals surface area contributed by atoms with Crippen molar-refractivity contribution in [2.24, 2.45) is 0 Å². The van der Waals surface area contributed by atoms with Crippen molar-refractivity contribution in [1.29, 1.82) is 0 Å². The fourth-order valence-corrected chi connectivity index (χ4v) is 7.50. The van der Waals surface area contributed by atoms with Crippen LogP contribution in [0.2, 0.25) is 0 Å². The van der Waals surface area contributed by atoms with Crippen molar-refractivity contribution in [2.75, 3.05) is 6.61 Å². The summed E-state index contributed by atoms with van der Waals surface area (Å²) in [6, 6.07) is 12.4. The van der Waals surface area contributed by atoms with Gasteiger partial charge in [0.15, 0.2) is 21.6 Å². The number of ether oxygens (including phenoxy) is 2. The molecule has 15 heteroatoms. The van der Waals surface area contributed by atoms with Crippen LogP contribution in [-0.4, -0.2) is 73.9 Å². The van der Waals surface area contributed by atoms with Gasteiger partial charge in [-0.15, -0.1) is 5.10 Å². The van der Waals surface area contributed by atoms with E-state index in [4.69, 9.17) is 9.47 Å². The largest absolute Gasteiger partial charge is 0.461 e. The number of carbonyl (C=O) groups is 3. The van der Waals surface area contributed by atoms with E-state index >= 15 is 0 Å². The second kappa shape index (κ2) is 10.4. The van der Waals surface area contributed by atoms with Crippen LogP contribution in [0.15, 0.2) is 54.6 Å². The van der Waals surface area contributed by atoms with Crippen molar-refractivity contribution in [2.45, 2.75) is 49.6 Å². The van der Waals surface area contributed by atoms with Gasteiger partial charge in [-0.2, -0.15) is 0 Å². The van der Waals surface area contributed by atoms with E-state index in [0.717, 1.165) is 4.90 Å². The number of β-lactam (4-membered cyclic amide) rings is 1. The van der Waals surface area contributed by atoms with E-state index in [1.54, 1.807) is 37.3 Å². The predicted molar refractivity (Wildman–Crippen MR) is 141 cm³/mol. The predicted octanol–water partition coefficient (Wildman–Crippen LogP) is 1.89. The average Bonchev–Trinajstić information content (AvgIpc) is 3.42. The Hall–Kier alpha value is -4.66. The molecular formula is C26H25N5O9S. The molecule has 2 aliphatic rings.